The van der Waals surface area contributed by atoms with Crippen molar-refractivity contribution in [2.24, 2.45) is 0 Å². The maximum Gasteiger partial charge on any atom is 0.137 e. The molecule has 3 heteroatoms. The second-order valence-corrected chi connectivity index (χ2v) is 3.33. The molecule has 0 atom stereocenters. The summed E-state index contributed by atoms with van der Waals surface area (Å²) in [5, 5.41) is 1.14. The largest absolute Gasteiger partial charge is 0.346 e. The SMILES string of the molecule is Cc1nc2[nH]ccc2cc1Br. The lowest BCUT2D eigenvalue weighted by Crippen LogP contribution is -1.82. The van der Waals surface area contributed by atoms with Gasteiger partial charge in [-0.05, 0) is 35.0 Å². The van der Waals surface area contributed by atoms with Crippen molar-refractivity contribution < 1.29 is 0 Å². The zero-order chi connectivity index (χ0) is 7.84. The fraction of sp³-hybridized carbons (Fsp3) is 0.125. The number of aromatic nitrogens is 2. The van der Waals surface area contributed by atoms with E-state index >= 15 is 0 Å². The summed E-state index contributed by atoms with van der Waals surface area (Å²) in [6.07, 6.45) is 1.89. The Kier molecular flexibility index (Phi) is 1.46. The number of aryl methyl sites for hydroxylation is 1. The molecule has 0 aromatic carbocycles. The van der Waals surface area contributed by atoms with Gasteiger partial charge < -0.3 is 4.98 Å². The minimum absolute atomic E-state index is 0.950. The van der Waals surface area contributed by atoms with E-state index in [1.54, 1.807) is 0 Å². The van der Waals surface area contributed by atoms with Crippen LogP contribution in [0.2, 0.25) is 0 Å². The van der Waals surface area contributed by atoms with Crippen LogP contribution in [0.5, 0.6) is 0 Å². The highest BCUT2D eigenvalue weighted by Crippen LogP contribution is 2.19. The zero-order valence-electron chi connectivity index (χ0n) is 6.06. The molecular formula is C8H7BrN2. The second-order valence-electron chi connectivity index (χ2n) is 2.47. The molecule has 2 heterocycles. The standard InChI is InChI=1S/C8H7BrN2/c1-5-7(9)4-6-2-3-10-8(6)11-5/h2-4H,1H3,(H,10,11). The second kappa shape index (κ2) is 2.34. The minimum atomic E-state index is 0.950. The van der Waals surface area contributed by atoms with Crippen LogP contribution >= 0.6 is 15.9 Å². The van der Waals surface area contributed by atoms with E-state index in [-0.39, 0.29) is 0 Å². The number of fused-ring (bicyclic) bond motifs is 1. The van der Waals surface area contributed by atoms with Gasteiger partial charge >= 0.3 is 0 Å². The first-order chi connectivity index (χ1) is 5.27. The van der Waals surface area contributed by atoms with Crippen molar-refractivity contribution >= 4 is 27.0 Å². The number of H-pyrrole nitrogens is 1. The van der Waals surface area contributed by atoms with Crippen LogP contribution in [-0.2, 0) is 0 Å². The van der Waals surface area contributed by atoms with Crippen molar-refractivity contribution in [1.29, 1.82) is 0 Å². The molecule has 0 spiro atoms. The Morgan fingerprint density at radius 3 is 3.18 bits per heavy atom. The van der Waals surface area contributed by atoms with Gasteiger partial charge in [-0.3, -0.25) is 0 Å². The fourth-order valence-corrected chi connectivity index (χ4v) is 1.38. The van der Waals surface area contributed by atoms with Gasteiger partial charge in [-0.1, -0.05) is 0 Å². The highest BCUT2D eigenvalue weighted by atomic mass is 79.9. The molecule has 2 rings (SSSR count). The molecule has 0 amide bonds. The molecule has 0 saturated carbocycles. The van der Waals surface area contributed by atoms with Gasteiger partial charge in [0.15, 0.2) is 0 Å². The minimum Gasteiger partial charge on any atom is -0.346 e. The highest BCUT2D eigenvalue weighted by molar-refractivity contribution is 9.10. The molecule has 2 aromatic rings. The Morgan fingerprint density at radius 1 is 1.55 bits per heavy atom. The predicted octanol–water partition coefficient (Wildman–Crippen LogP) is 2.63. The molecule has 0 aliphatic rings. The quantitative estimate of drug-likeness (QED) is 0.712. The molecule has 2 aromatic heterocycles. The molecule has 0 saturated heterocycles. The number of aromatic amines is 1. The van der Waals surface area contributed by atoms with Crippen molar-refractivity contribution in [2.75, 3.05) is 0 Å². The van der Waals surface area contributed by atoms with Crippen molar-refractivity contribution in [2.45, 2.75) is 6.92 Å². The van der Waals surface area contributed by atoms with Crippen LogP contribution in [0.25, 0.3) is 11.0 Å². The Labute approximate surface area is 72.8 Å². The van der Waals surface area contributed by atoms with Crippen molar-refractivity contribution in [3.63, 3.8) is 0 Å². The number of rotatable bonds is 0. The Bertz CT molecular complexity index is 356. The van der Waals surface area contributed by atoms with Gasteiger partial charge in [0.2, 0.25) is 0 Å². The number of pyridine rings is 1. The van der Waals surface area contributed by atoms with Crippen LogP contribution in [0.15, 0.2) is 22.8 Å². The molecule has 1 N–H and O–H groups in total. The molecule has 0 fully saturated rings. The van der Waals surface area contributed by atoms with Crippen LogP contribution < -0.4 is 0 Å². The van der Waals surface area contributed by atoms with Crippen molar-refractivity contribution in [3.8, 4) is 0 Å². The number of hydrogen-bond acceptors (Lipinski definition) is 1. The summed E-state index contributed by atoms with van der Waals surface area (Å²) in [5.41, 5.74) is 1.96. The number of hydrogen-bond donors (Lipinski definition) is 1. The van der Waals surface area contributed by atoms with E-state index in [1.807, 2.05) is 19.2 Å². The van der Waals surface area contributed by atoms with Gasteiger partial charge in [0, 0.05) is 16.1 Å². The summed E-state index contributed by atoms with van der Waals surface area (Å²) in [5.74, 6) is 0. The van der Waals surface area contributed by atoms with Gasteiger partial charge in [-0.2, -0.15) is 0 Å². The zero-order valence-corrected chi connectivity index (χ0v) is 7.64. The first kappa shape index (κ1) is 6.85. The van der Waals surface area contributed by atoms with E-state index in [2.05, 4.69) is 32.0 Å². The summed E-state index contributed by atoms with van der Waals surface area (Å²) in [4.78, 5) is 7.39. The van der Waals surface area contributed by atoms with Crippen LogP contribution in [-0.4, -0.2) is 9.97 Å². The monoisotopic (exact) mass is 210 g/mol. The summed E-state index contributed by atoms with van der Waals surface area (Å²) in [6.45, 7) is 1.98. The first-order valence-corrected chi connectivity index (χ1v) is 4.17. The third-order valence-corrected chi connectivity index (χ3v) is 2.47. The molecule has 0 unspecified atom stereocenters. The normalized spacial score (nSPS) is 10.7. The highest BCUT2D eigenvalue weighted by Gasteiger charge is 1.99. The average Bonchev–Trinajstić information content (AvgIpc) is 2.36. The molecule has 0 aliphatic carbocycles. The summed E-state index contributed by atoms with van der Waals surface area (Å²) in [6, 6.07) is 4.07. The maximum atomic E-state index is 4.33. The van der Waals surface area contributed by atoms with Gasteiger partial charge in [0.25, 0.3) is 0 Å². The Balaban J connectivity index is 2.86. The lowest BCUT2D eigenvalue weighted by atomic mass is 10.3. The van der Waals surface area contributed by atoms with E-state index in [1.165, 1.54) is 0 Å². The Morgan fingerprint density at radius 2 is 2.36 bits per heavy atom. The summed E-state index contributed by atoms with van der Waals surface area (Å²) in [7, 11) is 0. The number of nitrogens with zero attached hydrogens (tertiary/aromatic N) is 1. The Hall–Kier alpha value is -0.830. The van der Waals surface area contributed by atoms with E-state index in [4.69, 9.17) is 0 Å². The average molecular weight is 211 g/mol. The smallest absolute Gasteiger partial charge is 0.137 e. The van der Waals surface area contributed by atoms with Crippen LogP contribution in [0.1, 0.15) is 5.69 Å². The molecule has 0 bridgehead atoms. The molecule has 0 radical (unpaired) electrons. The molecule has 56 valence electrons. The first-order valence-electron chi connectivity index (χ1n) is 3.37. The van der Waals surface area contributed by atoms with Crippen molar-refractivity contribution in [3.05, 3.63) is 28.5 Å². The van der Waals surface area contributed by atoms with Gasteiger partial charge in [0.05, 0.1) is 5.69 Å². The lowest BCUT2D eigenvalue weighted by Gasteiger charge is -1.95. The van der Waals surface area contributed by atoms with E-state index in [0.29, 0.717) is 0 Å². The van der Waals surface area contributed by atoms with E-state index in [9.17, 15) is 0 Å². The maximum absolute atomic E-state index is 4.33. The van der Waals surface area contributed by atoms with Gasteiger partial charge in [-0.25, -0.2) is 4.98 Å². The predicted molar refractivity (Wildman–Crippen MR) is 48.5 cm³/mol. The summed E-state index contributed by atoms with van der Waals surface area (Å²) < 4.78 is 1.06. The van der Waals surface area contributed by atoms with Crippen LogP contribution in [0.3, 0.4) is 0 Å². The third kappa shape index (κ3) is 1.05. The van der Waals surface area contributed by atoms with E-state index < -0.39 is 0 Å². The molecule has 0 aliphatic heterocycles. The number of nitrogens with one attached hydrogen (secondary N) is 1. The van der Waals surface area contributed by atoms with Crippen LogP contribution in [0.4, 0.5) is 0 Å². The summed E-state index contributed by atoms with van der Waals surface area (Å²) >= 11 is 3.42. The lowest BCUT2D eigenvalue weighted by molar-refractivity contribution is 1.20. The fourth-order valence-electron chi connectivity index (χ4n) is 1.05. The van der Waals surface area contributed by atoms with Crippen LogP contribution in [0, 0.1) is 6.92 Å². The molecule has 11 heavy (non-hydrogen) atoms. The number of halogens is 1. The topological polar surface area (TPSA) is 28.7 Å². The van der Waals surface area contributed by atoms with E-state index in [0.717, 1.165) is 21.2 Å². The van der Waals surface area contributed by atoms with Gasteiger partial charge in [0.1, 0.15) is 5.65 Å². The van der Waals surface area contributed by atoms with Gasteiger partial charge in [-0.15, -0.1) is 0 Å². The third-order valence-electron chi connectivity index (χ3n) is 1.66. The molecular weight excluding hydrogens is 204 g/mol. The molecule has 2 nitrogen and oxygen atoms in total. The van der Waals surface area contributed by atoms with Crippen molar-refractivity contribution in [1.82, 2.24) is 9.97 Å².